The summed E-state index contributed by atoms with van der Waals surface area (Å²) in [5, 5.41) is 0.425. The van der Waals surface area contributed by atoms with Gasteiger partial charge in [0, 0.05) is 11.1 Å². The monoisotopic (exact) mass is 146 g/mol. The quantitative estimate of drug-likeness (QED) is 0.691. The van der Waals surface area contributed by atoms with Crippen molar-refractivity contribution < 1.29 is 2.82 Å². The second-order valence-corrected chi connectivity index (χ2v) is 3.24. The summed E-state index contributed by atoms with van der Waals surface area (Å²) in [6.07, 6.45) is 1.72. The Balaban J connectivity index is 2.82. The van der Waals surface area contributed by atoms with Crippen molar-refractivity contribution in [2.24, 2.45) is 0 Å². The molecule has 3 heteroatoms. The molecule has 0 aliphatic carbocycles. The topological polar surface area (TPSA) is 38.9 Å². The summed E-state index contributed by atoms with van der Waals surface area (Å²) in [7, 11) is 0. The van der Waals surface area contributed by atoms with E-state index in [1.54, 1.807) is 6.20 Å². The van der Waals surface area contributed by atoms with E-state index < -0.39 is 0 Å². The van der Waals surface area contributed by atoms with Crippen molar-refractivity contribution in [3.8, 4) is 0 Å². The van der Waals surface area contributed by atoms with E-state index in [9.17, 15) is 0 Å². The number of hydrogen-bond donors (Lipinski definition) is 1. The molecule has 1 rings (SSSR count). The van der Waals surface area contributed by atoms with Gasteiger partial charge in [-0.1, -0.05) is 13.8 Å². The van der Waals surface area contributed by atoms with Crippen molar-refractivity contribution in [2.45, 2.75) is 19.8 Å². The molecule has 0 aliphatic rings. The Hall–Kier alpha value is -0.570. The number of nitrogens with two attached hydrogens (primary N) is 1. The lowest BCUT2D eigenvalue weighted by Gasteiger charge is -1.94. The Morgan fingerprint density at radius 3 is 3.00 bits per heavy atom. The van der Waals surface area contributed by atoms with Crippen molar-refractivity contribution in [1.82, 2.24) is 4.98 Å². The summed E-state index contributed by atoms with van der Waals surface area (Å²) in [4.78, 5) is 5.02. The Morgan fingerprint density at radius 2 is 2.67 bits per heavy atom. The summed E-state index contributed by atoms with van der Waals surface area (Å²) in [5.74, 6) is 0.432. The van der Waals surface area contributed by atoms with Gasteiger partial charge in [-0.3, -0.25) is 0 Å². The molecule has 0 fully saturated rings. The van der Waals surface area contributed by atoms with Crippen LogP contribution in [0, 0.1) is 0 Å². The second-order valence-electron chi connectivity index (χ2n) is 2.20. The molecule has 0 unspecified atom stereocenters. The first kappa shape index (κ1) is 4.28. The van der Waals surface area contributed by atoms with Crippen LogP contribution in [0.2, 0.25) is 2.82 Å². The first-order valence-electron chi connectivity index (χ1n) is 3.74. The SMILES string of the molecule is [3H]N([3H])c1ncc(C(C)C)s1. The van der Waals surface area contributed by atoms with Crippen LogP contribution < -0.4 is 5.72 Å². The maximum Gasteiger partial charge on any atom is 0.180 e. The van der Waals surface area contributed by atoms with Crippen LogP contribution in [0.3, 0.4) is 0 Å². The van der Waals surface area contributed by atoms with Gasteiger partial charge in [0.25, 0.3) is 0 Å². The Bertz CT molecular complexity index is 212. The Morgan fingerprint density at radius 1 is 1.89 bits per heavy atom. The van der Waals surface area contributed by atoms with Gasteiger partial charge in [-0.15, -0.1) is 11.3 Å². The van der Waals surface area contributed by atoms with Crippen molar-refractivity contribution in [3.05, 3.63) is 11.1 Å². The van der Waals surface area contributed by atoms with E-state index in [1.165, 1.54) is 11.3 Å². The highest BCUT2D eigenvalue weighted by molar-refractivity contribution is 7.15. The molecular formula is C6H10N2S. The summed E-state index contributed by atoms with van der Waals surface area (Å²) in [6.45, 7) is 4.13. The average Bonchev–Trinajstić information content (AvgIpc) is 2.33. The summed E-state index contributed by atoms with van der Waals surface area (Å²) < 4.78 is 13.8. The summed E-state index contributed by atoms with van der Waals surface area (Å²) in [6, 6.07) is 0. The third-order valence-corrected chi connectivity index (χ3v) is 2.18. The molecule has 9 heavy (non-hydrogen) atoms. The first-order chi connectivity index (χ1) is 5.11. The largest absolute Gasteiger partial charge is 0.375 e. The fraction of sp³-hybridized carbons (Fsp3) is 0.500. The molecule has 0 saturated heterocycles. The molecule has 0 atom stereocenters. The van der Waals surface area contributed by atoms with Crippen LogP contribution in [0.5, 0.6) is 0 Å². The molecule has 1 aromatic rings. The minimum absolute atomic E-state index is 0.425. The average molecular weight is 146 g/mol. The van der Waals surface area contributed by atoms with Gasteiger partial charge in [-0.05, 0) is 5.92 Å². The van der Waals surface area contributed by atoms with Crippen LogP contribution in [-0.4, -0.2) is 4.98 Å². The third kappa shape index (κ3) is 1.42. The van der Waals surface area contributed by atoms with Crippen LogP contribution in [0.15, 0.2) is 6.20 Å². The maximum absolute atomic E-state index is 6.92. The van der Waals surface area contributed by atoms with E-state index in [2.05, 4.69) is 18.8 Å². The smallest absolute Gasteiger partial charge is 0.180 e. The second kappa shape index (κ2) is 2.35. The summed E-state index contributed by atoms with van der Waals surface area (Å²) in [5.41, 5.74) is 0.538. The standard InChI is InChI=1S/C6H10N2S/c1-4(2)5-3-8-6(7)9-5/h3-4H,1-2H3,(H2,7,8)/i/hT2. The lowest BCUT2D eigenvalue weighted by atomic mass is 10.2. The van der Waals surface area contributed by atoms with E-state index in [-0.39, 0.29) is 0 Å². The van der Waals surface area contributed by atoms with Gasteiger partial charge in [0.2, 0.25) is 0 Å². The molecular weight excluding hydrogens is 132 g/mol. The number of nitrogens with zero attached hydrogens (tertiary/aromatic N) is 1. The Labute approximate surface area is 61.7 Å². The normalized spacial score (nSPS) is 13.2. The fourth-order valence-corrected chi connectivity index (χ4v) is 1.20. The molecule has 1 aromatic heterocycles. The van der Waals surface area contributed by atoms with Crippen molar-refractivity contribution in [1.29, 1.82) is 0 Å². The predicted molar refractivity (Wildman–Crippen MR) is 40.6 cm³/mol. The molecule has 0 bridgehead atoms. The molecule has 0 amide bonds. The third-order valence-electron chi connectivity index (χ3n) is 1.08. The predicted octanol–water partition coefficient (Wildman–Crippen LogP) is 1.85. The molecule has 50 valence electrons. The number of aromatic nitrogens is 1. The van der Waals surface area contributed by atoms with E-state index in [0.29, 0.717) is 16.8 Å². The maximum atomic E-state index is 6.92. The van der Waals surface area contributed by atoms with Crippen LogP contribution in [0.1, 0.15) is 24.6 Å². The number of anilines is 1. The minimum Gasteiger partial charge on any atom is -0.375 e. The van der Waals surface area contributed by atoms with Crippen LogP contribution in [-0.2, 0) is 0 Å². The lowest BCUT2D eigenvalue weighted by Crippen LogP contribution is -1.78. The number of hydrogen-bond acceptors (Lipinski definition) is 3. The van der Waals surface area contributed by atoms with Crippen LogP contribution >= 0.6 is 11.3 Å². The highest BCUT2D eigenvalue weighted by Gasteiger charge is 2.01. The Kier molecular flexibility index (Phi) is 1.12. The van der Waals surface area contributed by atoms with Gasteiger partial charge in [-0.2, -0.15) is 0 Å². The minimum atomic E-state index is 0.425. The van der Waals surface area contributed by atoms with Gasteiger partial charge >= 0.3 is 0 Å². The molecule has 0 saturated carbocycles. The van der Waals surface area contributed by atoms with E-state index in [1.807, 2.05) is 0 Å². The van der Waals surface area contributed by atoms with E-state index in [0.717, 1.165) is 4.88 Å². The molecule has 2 nitrogen and oxygen atoms in total. The van der Waals surface area contributed by atoms with Crippen molar-refractivity contribution in [3.63, 3.8) is 0 Å². The molecule has 0 aliphatic heterocycles. The fourth-order valence-electron chi connectivity index (χ4n) is 0.544. The van der Waals surface area contributed by atoms with Crippen LogP contribution in [0.25, 0.3) is 0 Å². The van der Waals surface area contributed by atoms with E-state index in [4.69, 9.17) is 2.82 Å². The first-order valence-corrected chi connectivity index (χ1v) is 3.66. The van der Waals surface area contributed by atoms with E-state index >= 15 is 0 Å². The number of thiazole rings is 1. The van der Waals surface area contributed by atoms with Gasteiger partial charge in [-0.25, -0.2) is 4.98 Å². The lowest BCUT2D eigenvalue weighted by molar-refractivity contribution is 0.885. The van der Waals surface area contributed by atoms with Gasteiger partial charge in [0.05, 0.1) is 0 Å². The van der Waals surface area contributed by atoms with Gasteiger partial charge in [0.15, 0.2) is 7.96 Å². The highest BCUT2D eigenvalue weighted by atomic mass is 32.1. The molecule has 0 radical (unpaired) electrons. The van der Waals surface area contributed by atoms with Crippen LogP contribution in [0.4, 0.5) is 5.13 Å². The zero-order chi connectivity index (χ0) is 8.43. The van der Waals surface area contributed by atoms with Crippen molar-refractivity contribution >= 4 is 16.5 Å². The molecule has 2 N–H and O–H groups in total. The number of rotatable bonds is 2. The number of nitrogen functional groups attached to an aromatic ring is 1. The summed E-state index contributed by atoms with van der Waals surface area (Å²) >= 11 is 1.39. The van der Waals surface area contributed by atoms with Gasteiger partial charge < -0.3 is 5.72 Å². The van der Waals surface area contributed by atoms with Crippen molar-refractivity contribution in [2.75, 3.05) is 5.72 Å². The highest BCUT2D eigenvalue weighted by Crippen LogP contribution is 2.22. The zero-order valence-corrected chi connectivity index (χ0v) is 6.27. The molecule has 0 aromatic carbocycles. The zero-order valence-electron chi connectivity index (χ0n) is 7.46. The molecule has 0 spiro atoms. The molecule has 1 heterocycles. The van der Waals surface area contributed by atoms with Gasteiger partial charge in [0.1, 0.15) is 0 Å².